The van der Waals surface area contributed by atoms with E-state index in [1.54, 1.807) is 19.2 Å². The van der Waals surface area contributed by atoms with Gasteiger partial charge in [-0.05, 0) is 62.6 Å². The van der Waals surface area contributed by atoms with Crippen LogP contribution < -0.4 is 9.64 Å². The summed E-state index contributed by atoms with van der Waals surface area (Å²) in [5.74, 6) is 1.40. The van der Waals surface area contributed by atoms with Gasteiger partial charge in [0, 0.05) is 29.8 Å². The molecule has 1 saturated heterocycles. The molecule has 0 N–H and O–H groups in total. The van der Waals surface area contributed by atoms with E-state index in [9.17, 15) is 10.1 Å². The van der Waals surface area contributed by atoms with Gasteiger partial charge in [-0.1, -0.05) is 5.16 Å². The van der Waals surface area contributed by atoms with Crippen molar-refractivity contribution in [2.45, 2.75) is 32.2 Å². The fraction of sp³-hybridized carbons (Fsp3) is 0.333. The average Bonchev–Trinajstić information content (AvgIpc) is 3.24. The second-order valence-electron chi connectivity index (χ2n) is 7.15. The van der Waals surface area contributed by atoms with Gasteiger partial charge in [-0.2, -0.15) is 4.98 Å². The molecule has 150 valence electrons. The first kappa shape index (κ1) is 18.9. The second-order valence-corrected chi connectivity index (χ2v) is 7.15. The molecule has 0 aliphatic carbocycles. The third kappa shape index (κ3) is 3.78. The number of ether oxygens (including phenoxy) is 1. The topological polar surface area (TPSA) is 94.5 Å². The summed E-state index contributed by atoms with van der Waals surface area (Å²) < 4.78 is 10.5. The maximum absolute atomic E-state index is 11.7. The molecular weight excluding hydrogens is 372 g/mol. The Labute approximate surface area is 168 Å². The van der Waals surface area contributed by atoms with Gasteiger partial charge in [-0.3, -0.25) is 10.1 Å². The molecule has 2 heterocycles. The second kappa shape index (κ2) is 7.90. The molecule has 1 aliphatic rings. The van der Waals surface area contributed by atoms with Gasteiger partial charge in [0.25, 0.3) is 11.6 Å². The molecule has 0 unspecified atom stereocenters. The summed E-state index contributed by atoms with van der Waals surface area (Å²) >= 11 is 0. The van der Waals surface area contributed by atoms with Crippen molar-refractivity contribution >= 4 is 11.4 Å². The highest BCUT2D eigenvalue weighted by atomic mass is 16.6. The Morgan fingerprint density at radius 2 is 1.93 bits per heavy atom. The molecule has 1 aliphatic heterocycles. The van der Waals surface area contributed by atoms with Gasteiger partial charge < -0.3 is 14.2 Å². The largest absolute Gasteiger partial charge is 0.497 e. The van der Waals surface area contributed by atoms with Gasteiger partial charge in [0.15, 0.2) is 0 Å². The van der Waals surface area contributed by atoms with Gasteiger partial charge >= 0.3 is 0 Å². The van der Waals surface area contributed by atoms with Crippen molar-refractivity contribution in [3.05, 3.63) is 52.6 Å². The lowest BCUT2D eigenvalue weighted by Gasteiger charge is -2.35. The van der Waals surface area contributed by atoms with E-state index in [4.69, 9.17) is 9.26 Å². The molecule has 2 aromatic carbocycles. The van der Waals surface area contributed by atoms with Gasteiger partial charge in [0.2, 0.25) is 5.82 Å². The fourth-order valence-corrected chi connectivity index (χ4v) is 3.70. The third-order valence-electron chi connectivity index (χ3n) is 5.31. The lowest BCUT2D eigenvalue weighted by Crippen LogP contribution is -2.37. The molecule has 4 rings (SSSR count). The van der Waals surface area contributed by atoms with E-state index < -0.39 is 0 Å². The van der Waals surface area contributed by atoms with Crippen LogP contribution in [0, 0.1) is 10.1 Å². The number of nitro benzene ring substituents is 1. The van der Waals surface area contributed by atoms with Gasteiger partial charge in [0.05, 0.1) is 12.0 Å². The molecular formula is C21H22N4O4. The molecule has 1 aromatic heterocycles. The summed E-state index contributed by atoms with van der Waals surface area (Å²) in [6.07, 6.45) is 3.23. The lowest BCUT2D eigenvalue weighted by atomic mass is 10.0. The molecule has 8 nitrogen and oxygen atoms in total. The monoisotopic (exact) mass is 394 g/mol. The minimum Gasteiger partial charge on any atom is -0.497 e. The summed E-state index contributed by atoms with van der Waals surface area (Å²) in [6, 6.07) is 12.7. The van der Waals surface area contributed by atoms with Crippen LogP contribution in [0.15, 0.2) is 47.0 Å². The number of hydrogen-bond donors (Lipinski definition) is 0. The number of methoxy groups -OCH3 is 1. The first-order chi connectivity index (χ1) is 14.1. The highest BCUT2D eigenvalue weighted by Gasteiger charge is 2.26. The van der Waals surface area contributed by atoms with Gasteiger partial charge in [-0.15, -0.1) is 0 Å². The summed E-state index contributed by atoms with van der Waals surface area (Å²) in [5.41, 5.74) is 1.99. The number of benzene rings is 2. The Morgan fingerprint density at radius 3 is 2.62 bits per heavy atom. The molecule has 0 spiro atoms. The van der Waals surface area contributed by atoms with Crippen molar-refractivity contribution in [2.75, 3.05) is 18.6 Å². The van der Waals surface area contributed by atoms with E-state index in [0.29, 0.717) is 17.1 Å². The molecule has 1 fully saturated rings. The van der Waals surface area contributed by atoms with E-state index in [1.165, 1.54) is 6.07 Å². The Kier molecular flexibility index (Phi) is 5.16. The molecule has 3 aromatic rings. The van der Waals surface area contributed by atoms with E-state index >= 15 is 0 Å². The smallest absolute Gasteiger partial charge is 0.293 e. The molecule has 0 saturated carbocycles. The van der Waals surface area contributed by atoms with Gasteiger partial charge in [-0.25, -0.2) is 0 Å². The van der Waals surface area contributed by atoms with Crippen LogP contribution in [0.1, 0.15) is 26.2 Å². The predicted molar refractivity (Wildman–Crippen MR) is 109 cm³/mol. The quantitative estimate of drug-likeness (QED) is 0.457. The van der Waals surface area contributed by atoms with Gasteiger partial charge in [0.1, 0.15) is 11.4 Å². The SMILES string of the molecule is COc1ccc(-c2noc(-c3ccc(N4CCCC[C@H]4C)c([N+](=O)[O-])c3)n2)cc1. The standard InChI is InChI=1S/C21H22N4O4/c1-14-5-3-4-12-24(14)18-11-8-16(13-19(18)25(26)27)21-22-20(23-29-21)15-6-9-17(28-2)10-7-15/h6-11,13-14H,3-5,12H2,1-2H3/t14-/m1/s1. The Balaban J connectivity index is 1.66. The van der Waals surface area contributed by atoms with Crippen LogP contribution >= 0.6 is 0 Å². The fourth-order valence-electron chi connectivity index (χ4n) is 3.70. The van der Waals surface area contributed by atoms with Crippen LogP contribution in [0.25, 0.3) is 22.8 Å². The number of hydrogen-bond acceptors (Lipinski definition) is 7. The minimum atomic E-state index is -0.346. The Bertz CT molecular complexity index is 1020. The minimum absolute atomic E-state index is 0.0560. The highest BCUT2D eigenvalue weighted by molar-refractivity contribution is 5.72. The zero-order valence-corrected chi connectivity index (χ0v) is 16.4. The number of rotatable bonds is 5. The zero-order chi connectivity index (χ0) is 20.4. The maximum atomic E-state index is 11.7. The van der Waals surface area contributed by atoms with Crippen LogP contribution in [0.3, 0.4) is 0 Å². The van der Waals surface area contributed by atoms with Crippen LogP contribution in [-0.4, -0.2) is 34.8 Å². The molecule has 0 amide bonds. The number of nitro groups is 1. The molecule has 8 heteroatoms. The number of nitrogens with zero attached hydrogens (tertiary/aromatic N) is 4. The first-order valence-corrected chi connectivity index (χ1v) is 9.60. The maximum Gasteiger partial charge on any atom is 0.293 e. The van der Waals surface area contributed by atoms with Crippen molar-refractivity contribution in [2.24, 2.45) is 0 Å². The highest BCUT2D eigenvalue weighted by Crippen LogP contribution is 2.36. The van der Waals surface area contributed by atoms with Crippen molar-refractivity contribution in [3.63, 3.8) is 0 Å². The van der Waals surface area contributed by atoms with E-state index in [0.717, 1.165) is 37.1 Å². The number of aromatic nitrogens is 2. The van der Waals surface area contributed by atoms with Crippen molar-refractivity contribution < 1.29 is 14.2 Å². The van der Waals surface area contributed by atoms with Crippen molar-refractivity contribution in [1.29, 1.82) is 0 Å². The van der Waals surface area contributed by atoms with Crippen molar-refractivity contribution in [3.8, 4) is 28.6 Å². The molecule has 29 heavy (non-hydrogen) atoms. The van der Waals surface area contributed by atoms with Crippen LogP contribution in [0.5, 0.6) is 5.75 Å². The molecule has 0 bridgehead atoms. The predicted octanol–water partition coefficient (Wildman–Crippen LogP) is 4.70. The van der Waals surface area contributed by atoms with E-state index in [2.05, 4.69) is 22.0 Å². The van der Waals surface area contributed by atoms with Crippen LogP contribution in [0.2, 0.25) is 0 Å². The van der Waals surface area contributed by atoms with Crippen LogP contribution in [0.4, 0.5) is 11.4 Å². The van der Waals surface area contributed by atoms with E-state index in [1.807, 2.05) is 24.3 Å². The third-order valence-corrected chi connectivity index (χ3v) is 5.31. The Hall–Kier alpha value is -3.42. The lowest BCUT2D eigenvalue weighted by molar-refractivity contribution is -0.384. The Morgan fingerprint density at radius 1 is 1.17 bits per heavy atom. The van der Waals surface area contributed by atoms with Crippen molar-refractivity contribution in [1.82, 2.24) is 10.1 Å². The number of piperidine rings is 1. The van der Waals surface area contributed by atoms with Crippen LogP contribution in [-0.2, 0) is 0 Å². The molecule has 1 atom stereocenters. The first-order valence-electron chi connectivity index (χ1n) is 9.60. The number of anilines is 1. The summed E-state index contributed by atoms with van der Waals surface area (Å²) in [5, 5.41) is 15.8. The van der Waals surface area contributed by atoms with E-state index in [-0.39, 0.29) is 22.5 Å². The normalized spacial score (nSPS) is 16.6. The summed E-state index contributed by atoms with van der Waals surface area (Å²) in [4.78, 5) is 17.9. The molecule has 0 radical (unpaired) electrons. The summed E-state index contributed by atoms with van der Waals surface area (Å²) in [7, 11) is 1.60. The zero-order valence-electron chi connectivity index (χ0n) is 16.4. The average molecular weight is 394 g/mol. The summed E-state index contributed by atoms with van der Waals surface area (Å²) in [6.45, 7) is 2.93.